The van der Waals surface area contributed by atoms with E-state index in [-0.39, 0.29) is 41.8 Å². The van der Waals surface area contributed by atoms with Crippen molar-refractivity contribution in [3.63, 3.8) is 0 Å². The number of fused-ring (bicyclic) bond motifs is 1. The summed E-state index contributed by atoms with van der Waals surface area (Å²) in [6, 6.07) is 16.4. The number of guanidine groups is 1. The Labute approximate surface area is 212 Å². The lowest BCUT2D eigenvalue weighted by Crippen LogP contribution is -2.44. The van der Waals surface area contributed by atoms with Crippen molar-refractivity contribution in [2.75, 3.05) is 38.5 Å². The molecule has 2 aliphatic heterocycles. The van der Waals surface area contributed by atoms with Gasteiger partial charge < -0.3 is 16.0 Å². The van der Waals surface area contributed by atoms with Gasteiger partial charge in [0, 0.05) is 43.2 Å². The van der Waals surface area contributed by atoms with E-state index in [9.17, 15) is 4.79 Å². The average Bonchev–Trinajstić information content (AvgIpc) is 3.30. The Morgan fingerprint density at radius 1 is 1.19 bits per heavy atom. The molecule has 2 aromatic carbocycles. The number of rotatable bonds is 6. The zero-order chi connectivity index (χ0) is 21.6. The summed E-state index contributed by atoms with van der Waals surface area (Å²) in [6.45, 7) is 3.58. The summed E-state index contributed by atoms with van der Waals surface area (Å²) in [5.41, 5.74) is 3.29. The van der Waals surface area contributed by atoms with E-state index < -0.39 is 0 Å². The quantitative estimate of drug-likeness (QED) is 0.275. The number of nitrogens with one attached hydrogen (secondary N) is 3. The van der Waals surface area contributed by atoms with E-state index in [1.54, 1.807) is 7.05 Å². The zero-order valence-corrected chi connectivity index (χ0v) is 21.4. The molecule has 32 heavy (non-hydrogen) atoms. The number of nitrogens with zero attached hydrogens (tertiary/aromatic N) is 2. The summed E-state index contributed by atoms with van der Waals surface area (Å²) < 4.78 is 0. The highest BCUT2D eigenvalue weighted by molar-refractivity contribution is 14.0. The first-order chi connectivity index (χ1) is 15.1. The van der Waals surface area contributed by atoms with E-state index in [1.807, 2.05) is 30.3 Å². The summed E-state index contributed by atoms with van der Waals surface area (Å²) in [6.07, 6.45) is 2.93. The number of carbonyl (C=O) groups is 1. The molecule has 1 saturated heterocycles. The Morgan fingerprint density at radius 3 is 2.72 bits per heavy atom. The fourth-order valence-electron chi connectivity index (χ4n) is 4.54. The molecular formula is C24H31ClIN5O. The topological polar surface area (TPSA) is 68.8 Å². The second-order valence-electron chi connectivity index (χ2n) is 8.18. The second kappa shape index (κ2) is 11.9. The van der Waals surface area contributed by atoms with Crippen LogP contribution in [0.1, 0.15) is 42.3 Å². The Balaban J connectivity index is 0.00000289. The molecule has 1 fully saturated rings. The van der Waals surface area contributed by atoms with Crippen LogP contribution in [0.25, 0.3) is 0 Å². The number of carbonyl (C=O) groups excluding carboxylic acids is 1. The van der Waals surface area contributed by atoms with Crippen LogP contribution in [0.5, 0.6) is 0 Å². The van der Waals surface area contributed by atoms with Crippen LogP contribution in [0.3, 0.4) is 0 Å². The Morgan fingerprint density at radius 2 is 1.97 bits per heavy atom. The van der Waals surface area contributed by atoms with Crippen molar-refractivity contribution in [3.8, 4) is 0 Å². The van der Waals surface area contributed by atoms with Gasteiger partial charge in [0.25, 0.3) is 0 Å². The van der Waals surface area contributed by atoms with Gasteiger partial charge in [-0.2, -0.15) is 0 Å². The maximum Gasteiger partial charge on any atom is 0.225 e. The third-order valence-electron chi connectivity index (χ3n) is 6.12. The van der Waals surface area contributed by atoms with Crippen LogP contribution in [-0.4, -0.2) is 50.0 Å². The minimum Gasteiger partial charge on any atom is -0.356 e. The molecule has 8 heteroatoms. The molecule has 2 atom stereocenters. The summed E-state index contributed by atoms with van der Waals surface area (Å²) in [5.74, 6) is 0.920. The monoisotopic (exact) mass is 567 g/mol. The van der Waals surface area contributed by atoms with Crippen LogP contribution < -0.4 is 16.0 Å². The Bertz CT molecular complexity index is 947. The van der Waals surface area contributed by atoms with Gasteiger partial charge in [0.05, 0.1) is 6.04 Å². The molecule has 2 aliphatic rings. The minimum atomic E-state index is 0. The molecule has 0 aliphatic carbocycles. The minimum absolute atomic E-state index is 0. The van der Waals surface area contributed by atoms with Gasteiger partial charge in [-0.1, -0.05) is 41.9 Å². The normalized spacial score (nSPS) is 19.5. The van der Waals surface area contributed by atoms with Crippen molar-refractivity contribution < 1.29 is 4.79 Å². The van der Waals surface area contributed by atoms with Gasteiger partial charge in [0.1, 0.15) is 0 Å². The van der Waals surface area contributed by atoms with Crippen molar-refractivity contribution in [2.45, 2.75) is 31.2 Å². The van der Waals surface area contributed by atoms with Gasteiger partial charge in [-0.25, -0.2) is 0 Å². The Hall–Kier alpha value is -1.84. The van der Waals surface area contributed by atoms with Crippen LogP contribution in [-0.2, 0) is 4.79 Å². The molecule has 6 nitrogen and oxygen atoms in total. The lowest BCUT2D eigenvalue weighted by Gasteiger charge is -2.30. The largest absolute Gasteiger partial charge is 0.356 e. The van der Waals surface area contributed by atoms with Gasteiger partial charge in [0.15, 0.2) is 5.96 Å². The van der Waals surface area contributed by atoms with Gasteiger partial charge in [-0.3, -0.25) is 14.7 Å². The summed E-state index contributed by atoms with van der Waals surface area (Å²) in [5, 5.41) is 10.6. The van der Waals surface area contributed by atoms with E-state index in [4.69, 9.17) is 11.6 Å². The molecule has 0 spiro atoms. The first-order valence-electron chi connectivity index (χ1n) is 11.0. The highest BCUT2D eigenvalue weighted by Gasteiger charge is 2.26. The smallest absolute Gasteiger partial charge is 0.225 e. The summed E-state index contributed by atoms with van der Waals surface area (Å²) >= 11 is 6.27. The van der Waals surface area contributed by atoms with Crippen LogP contribution in [0.2, 0.25) is 5.02 Å². The maximum absolute atomic E-state index is 12.1. The first kappa shape index (κ1) is 24.8. The number of hydrogen-bond donors (Lipinski definition) is 3. The predicted molar refractivity (Wildman–Crippen MR) is 142 cm³/mol. The third-order valence-corrected chi connectivity index (χ3v) is 6.36. The lowest BCUT2D eigenvalue weighted by atomic mass is 9.90. The number of likely N-dealkylation sites (tertiary alicyclic amines) is 1. The molecular weight excluding hydrogens is 537 g/mol. The maximum atomic E-state index is 12.1. The number of halogens is 2. The second-order valence-corrected chi connectivity index (χ2v) is 8.62. The number of anilines is 1. The van der Waals surface area contributed by atoms with E-state index in [0.29, 0.717) is 13.0 Å². The van der Waals surface area contributed by atoms with Crippen LogP contribution >= 0.6 is 35.6 Å². The van der Waals surface area contributed by atoms with E-state index in [2.05, 4.69) is 44.0 Å². The molecule has 2 unspecified atom stereocenters. The SMILES string of the molecule is CN=C(NCC1CC(=O)Nc2ccccc21)NCC(c1cccc(Cl)c1)N1CCCC1.I. The summed E-state index contributed by atoms with van der Waals surface area (Å²) in [4.78, 5) is 19.0. The van der Waals surface area contributed by atoms with Crippen molar-refractivity contribution in [2.24, 2.45) is 4.99 Å². The predicted octanol–water partition coefficient (Wildman–Crippen LogP) is 4.39. The fourth-order valence-corrected chi connectivity index (χ4v) is 4.74. The van der Waals surface area contributed by atoms with E-state index >= 15 is 0 Å². The van der Waals surface area contributed by atoms with Crippen molar-refractivity contribution in [1.82, 2.24) is 15.5 Å². The number of benzene rings is 2. The van der Waals surface area contributed by atoms with Gasteiger partial charge in [-0.15, -0.1) is 24.0 Å². The molecule has 1 amide bonds. The van der Waals surface area contributed by atoms with Crippen LogP contribution in [0.15, 0.2) is 53.5 Å². The number of amides is 1. The van der Waals surface area contributed by atoms with Crippen LogP contribution in [0.4, 0.5) is 5.69 Å². The molecule has 2 aromatic rings. The highest BCUT2D eigenvalue weighted by Crippen LogP contribution is 2.31. The molecule has 2 heterocycles. The fraction of sp³-hybridized carbons (Fsp3) is 0.417. The highest BCUT2D eigenvalue weighted by atomic mass is 127. The van der Waals surface area contributed by atoms with Gasteiger partial charge in [-0.05, 0) is 55.3 Å². The molecule has 172 valence electrons. The van der Waals surface area contributed by atoms with Gasteiger partial charge in [0.2, 0.25) is 5.91 Å². The molecule has 0 bridgehead atoms. The average molecular weight is 568 g/mol. The molecule has 0 saturated carbocycles. The van der Waals surface area contributed by atoms with Crippen molar-refractivity contribution in [1.29, 1.82) is 0 Å². The van der Waals surface area contributed by atoms with Gasteiger partial charge >= 0.3 is 0 Å². The third kappa shape index (κ3) is 6.14. The van der Waals surface area contributed by atoms with Crippen molar-refractivity contribution in [3.05, 3.63) is 64.7 Å². The lowest BCUT2D eigenvalue weighted by molar-refractivity contribution is -0.116. The number of para-hydroxylation sites is 1. The van der Waals surface area contributed by atoms with Crippen LogP contribution in [0, 0.1) is 0 Å². The van der Waals surface area contributed by atoms with E-state index in [0.717, 1.165) is 36.3 Å². The van der Waals surface area contributed by atoms with Crippen molar-refractivity contribution >= 4 is 53.1 Å². The molecule has 3 N–H and O–H groups in total. The summed E-state index contributed by atoms with van der Waals surface area (Å²) in [7, 11) is 1.78. The zero-order valence-electron chi connectivity index (χ0n) is 18.3. The van der Waals surface area contributed by atoms with E-state index in [1.165, 1.54) is 24.0 Å². The number of hydrogen-bond acceptors (Lipinski definition) is 3. The molecule has 0 radical (unpaired) electrons. The Kier molecular flexibility index (Phi) is 9.19. The standard InChI is InChI=1S/C24H30ClN5O.HI/c1-26-24(27-15-18-14-23(31)29-21-10-3-2-9-20(18)21)28-16-22(30-11-4-5-12-30)17-7-6-8-19(25)13-17;/h2-3,6-10,13,18,22H,4-5,11-12,14-16H2,1H3,(H,29,31)(H2,26,27,28);1H. The number of aliphatic imine (C=N–C) groups is 1. The first-order valence-corrected chi connectivity index (χ1v) is 11.3. The molecule has 4 rings (SSSR count). The molecule has 0 aromatic heterocycles.